The average Bonchev–Trinajstić information content (AvgIpc) is 2.37. The Morgan fingerprint density at radius 3 is 2.25 bits per heavy atom. The Kier molecular flexibility index (Phi) is 2.92. The number of ether oxygens (including phenoxy) is 2. The maximum Gasteiger partial charge on any atom is 0.414 e. The first-order valence-corrected chi connectivity index (χ1v) is 3.48. The molecular formula is C6H9F3O3. The Hall–Kier alpha value is -0.330. The minimum atomic E-state index is -4.59. The minimum absolute atomic E-state index is 0.287. The van der Waals surface area contributed by atoms with E-state index in [0.717, 1.165) is 0 Å². The summed E-state index contributed by atoms with van der Waals surface area (Å²) in [5.74, 6) is 0. The number of hydrogen-bond acceptors (Lipinski definition) is 3. The van der Waals surface area contributed by atoms with Crippen molar-refractivity contribution in [3.63, 3.8) is 0 Å². The van der Waals surface area contributed by atoms with Crippen LogP contribution in [-0.4, -0.2) is 36.9 Å². The van der Waals surface area contributed by atoms with Crippen LogP contribution in [0.2, 0.25) is 0 Å². The van der Waals surface area contributed by atoms with Crippen molar-refractivity contribution >= 4 is 0 Å². The maximum absolute atomic E-state index is 11.7. The summed E-state index contributed by atoms with van der Waals surface area (Å²) in [5.41, 5.74) is 0. The topological polar surface area (TPSA) is 38.7 Å². The Morgan fingerprint density at radius 2 is 1.83 bits per heavy atom. The van der Waals surface area contributed by atoms with Crippen LogP contribution in [0.5, 0.6) is 0 Å². The second-order valence-corrected chi connectivity index (χ2v) is 2.46. The molecule has 0 saturated carbocycles. The Morgan fingerprint density at radius 1 is 1.33 bits per heavy atom. The number of hydrogen-bond donors (Lipinski definition) is 1. The predicted octanol–water partition coefficient (Wildman–Crippen LogP) is 0.673. The average molecular weight is 186 g/mol. The Labute approximate surface area is 67.1 Å². The molecule has 1 aliphatic rings. The van der Waals surface area contributed by atoms with Gasteiger partial charge >= 0.3 is 6.18 Å². The van der Waals surface area contributed by atoms with E-state index in [1.807, 2.05) is 0 Å². The van der Waals surface area contributed by atoms with E-state index in [1.54, 1.807) is 0 Å². The van der Waals surface area contributed by atoms with Crippen LogP contribution >= 0.6 is 0 Å². The molecule has 0 radical (unpaired) electrons. The quantitative estimate of drug-likeness (QED) is 0.688. The molecular weight excluding hydrogens is 177 g/mol. The monoisotopic (exact) mass is 186 g/mol. The summed E-state index contributed by atoms with van der Waals surface area (Å²) in [4.78, 5) is 0. The summed E-state index contributed by atoms with van der Waals surface area (Å²) in [6.07, 6.45) is -8.42. The molecule has 0 bridgehead atoms. The minimum Gasteiger partial charge on any atom is -0.383 e. The van der Waals surface area contributed by atoms with Crippen molar-refractivity contribution in [1.29, 1.82) is 0 Å². The maximum atomic E-state index is 11.7. The first-order valence-electron chi connectivity index (χ1n) is 3.48. The van der Waals surface area contributed by atoms with Crippen LogP contribution < -0.4 is 0 Å². The SMILES string of the molecule is OC(CC1OCCO1)C(F)(F)F. The van der Waals surface area contributed by atoms with E-state index in [-0.39, 0.29) is 13.2 Å². The fraction of sp³-hybridized carbons (Fsp3) is 1.00. The van der Waals surface area contributed by atoms with Crippen LogP contribution in [0.4, 0.5) is 13.2 Å². The largest absolute Gasteiger partial charge is 0.414 e. The molecule has 0 aromatic heterocycles. The Balaban J connectivity index is 2.30. The van der Waals surface area contributed by atoms with Crippen molar-refractivity contribution in [2.45, 2.75) is 25.0 Å². The van der Waals surface area contributed by atoms with Crippen LogP contribution in [0.1, 0.15) is 6.42 Å². The first-order chi connectivity index (χ1) is 5.50. The van der Waals surface area contributed by atoms with Crippen molar-refractivity contribution in [3.05, 3.63) is 0 Å². The third-order valence-electron chi connectivity index (χ3n) is 1.48. The zero-order valence-corrected chi connectivity index (χ0v) is 6.17. The molecule has 12 heavy (non-hydrogen) atoms. The van der Waals surface area contributed by atoms with Gasteiger partial charge in [0, 0.05) is 6.42 Å². The molecule has 0 amide bonds. The third kappa shape index (κ3) is 2.62. The van der Waals surface area contributed by atoms with Crippen molar-refractivity contribution in [2.75, 3.05) is 13.2 Å². The summed E-state index contributed by atoms with van der Waals surface area (Å²) in [7, 11) is 0. The summed E-state index contributed by atoms with van der Waals surface area (Å²) < 4.78 is 44.7. The van der Waals surface area contributed by atoms with Gasteiger partial charge < -0.3 is 14.6 Å². The summed E-state index contributed by atoms with van der Waals surface area (Å²) in [6, 6.07) is 0. The van der Waals surface area contributed by atoms with Gasteiger partial charge in [0.25, 0.3) is 0 Å². The summed E-state index contributed by atoms with van der Waals surface area (Å²) >= 11 is 0. The van der Waals surface area contributed by atoms with E-state index in [9.17, 15) is 13.2 Å². The molecule has 3 nitrogen and oxygen atoms in total. The highest BCUT2D eigenvalue weighted by Crippen LogP contribution is 2.25. The third-order valence-corrected chi connectivity index (χ3v) is 1.48. The molecule has 6 heteroatoms. The number of alkyl halides is 3. The lowest BCUT2D eigenvalue weighted by molar-refractivity contribution is -0.221. The predicted molar refractivity (Wildman–Crippen MR) is 32.4 cm³/mol. The lowest BCUT2D eigenvalue weighted by Crippen LogP contribution is -2.32. The fourth-order valence-electron chi connectivity index (χ4n) is 0.859. The van der Waals surface area contributed by atoms with Crippen LogP contribution in [0.3, 0.4) is 0 Å². The van der Waals surface area contributed by atoms with Crippen molar-refractivity contribution in [3.8, 4) is 0 Å². The van der Waals surface area contributed by atoms with Gasteiger partial charge in [-0.05, 0) is 0 Å². The van der Waals surface area contributed by atoms with Gasteiger partial charge in [-0.2, -0.15) is 13.2 Å². The molecule has 1 atom stereocenters. The molecule has 0 aromatic carbocycles. The van der Waals surface area contributed by atoms with E-state index in [0.29, 0.717) is 0 Å². The van der Waals surface area contributed by atoms with Crippen molar-refractivity contribution in [2.24, 2.45) is 0 Å². The normalized spacial score (nSPS) is 23.0. The van der Waals surface area contributed by atoms with Crippen molar-refractivity contribution in [1.82, 2.24) is 0 Å². The van der Waals surface area contributed by atoms with Crippen LogP contribution in [0, 0.1) is 0 Å². The summed E-state index contributed by atoms with van der Waals surface area (Å²) in [6.45, 7) is 0.574. The van der Waals surface area contributed by atoms with Gasteiger partial charge in [0.05, 0.1) is 13.2 Å². The lowest BCUT2D eigenvalue weighted by Gasteiger charge is -2.17. The highest BCUT2D eigenvalue weighted by Gasteiger charge is 2.40. The van der Waals surface area contributed by atoms with Gasteiger partial charge in [-0.15, -0.1) is 0 Å². The van der Waals surface area contributed by atoms with E-state index in [2.05, 4.69) is 0 Å². The smallest absolute Gasteiger partial charge is 0.383 e. The second-order valence-electron chi connectivity index (χ2n) is 2.46. The van der Waals surface area contributed by atoms with E-state index < -0.39 is 25.0 Å². The number of aliphatic hydroxyl groups is 1. The van der Waals surface area contributed by atoms with Gasteiger partial charge in [-0.25, -0.2) is 0 Å². The molecule has 1 saturated heterocycles. The van der Waals surface area contributed by atoms with E-state index >= 15 is 0 Å². The first kappa shape index (κ1) is 9.76. The summed E-state index contributed by atoms with van der Waals surface area (Å²) in [5, 5.41) is 8.56. The fourth-order valence-corrected chi connectivity index (χ4v) is 0.859. The standard InChI is InChI=1S/C6H9F3O3/c7-6(8,9)4(10)3-5-11-1-2-12-5/h4-5,10H,1-3H2. The second kappa shape index (κ2) is 3.59. The highest BCUT2D eigenvalue weighted by atomic mass is 19.4. The molecule has 1 heterocycles. The zero-order chi connectivity index (χ0) is 9.19. The number of rotatable bonds is 2. The lowest BCUT2D eigenvalue weighted by atomic mass is 10.2. The van der Waals surface area contributed by atoms with Crippen LogP contribution in [-0.2, 0) is 9.47 Å². The molecule has 1 N–H and O–H groups in total. The van der Waals surface area contributed by atoms with Crippen molar-refractivity contribution < 1.29 is 27.8 Å². The molecule has 1 rings (SSSR count). The molecule has 72 valence electrons. The van der Waals surface area contributed by atoms with Crippen LogP contribution in [0.25, 0.3) is 0 Å². The van der Waals surface area contributed by atoms with Gasteiger partial charge in [-0.3, -0.25) is 0 Å². The van der Waals surface area contributed by atoms with Crippen LogP contribution in [0.15, 0.2) is 0 Å². The molecule has 1 unspecified atom stereocenters. The van der Waals surface area contributed by atoms with Gasteiger partial charge in [0.2, 0.25) is 0 Å². The molecule has 0 spiro atoms. The molecule has 1 fully saturated rings. The molecule has 0 aliphatic carbocycles. The van der Waals surface area contributed by atoms with E-state index in [4.69, 9.17) is 14.6 Å². The molecule has 1 aliphatic heterocycles. The van der Waals surface area contributed by atoms with Gasteiger partial charge in [-0.1, -0.05) is 0 Å². The number of halogens is 3. The zero-order valence-electron chi connectivity index (χ0n) is 6.17. The van der Waals surface area contributed by atoms with E-state index in [1.165, 1.54) is 0 Å². The van der Waals surface area contributed by atoms with Gasteiger partial charge in [0.1, 0.15) is 0 Å². The highest BCUT2D eigenvalue weighted by molar-refractivity contribution is 4.68. The Bertz CT molecular complexity index is 141. The van der Waals surface area contributed by atoms with Gasteiger partial charge in [0.15, 0.2) is 12.4 Å². The number of aliphatic hydroxyl groups excluding tert-OH is 1. The molecule has 0 aromatic rings.